The van der Waals surface area contributed by atoms with Crippen LogP contribution in [0.4, 0.5) is 23.7 Å². The third-order valence-corrected chi connectivity index (χ3v) is 5.86. The maximum atomic E-state index is 12.8. The standard InChI is InChI=1S/C23H27F3N4O4/c1-28(18-7-5-16(6-8-18)23(24,25)26)12-13-29-11-9-19(20(29)15-31)21(32)27-17-4-3-10-30(14-17)22(33)34-2/h5-9,11,15,17H,3-4,10,12-14H2,1-2H3,(H,27,32). The molecule has 34 heavy (non-hydrogen) atoms. The number of likely N-dealkylation sites (N-methyl/N-ethyl adjacent to an activating group) is 1. The number of halogens is 3. The monoisotopic (exact) mass is 480 g/mol. The molecule has 0 saturated carbocycles. The van der Waals surface area contributed by atoms with E-state index in [1.807, 2.05) is 0 Å². The molecule has 1 aromatic heterocycles. The average molecular weight is 480 g/mol. The molecule has 1 N–H and O–H groups in total. The Morgan fingerprint density at radius 2 is 1.94 bits per heavy atom. The lowest BCUT2D eigenvalue weighted by Gasteiger charge is -2.32. The second-order valence-electron chi connectivity index (χ2n) is 8.12. The van der Waals surface area contributed by atoms with Gasteiger partial charge in [0.2, 0.25) is 0 Å². The quantitative estimate of drug-likeness (QED) is 0.614. The molecule has 1 fully saturated rings. The van der Waals surface area contributed by atoms with Crippen molar-refractivity contribution in [1.82, 2.24) is 14.8 Å². The Bertz CT molecular complexity index is 1020. The molecular weight excluding hydrogens is 453 g/mol. The summed E-state index contributed by atoms with van der Waals surface area (Å²) in [4.78, 5) is 39.6. The smallest absolute Gasteiger partial charge is 0.416 e. The topological polar surface area (TPSA) is 83.9 Å². The lowest BCUT2D eigenvalue weighted by atomic mass is 10.1. The molecule has 1 aliphatic rings. The number of hydrogen-bond donors (Lipinski definition) is 1. The summed E-state index contributed by atoms with van der Waals surface area (Å²) < 4.78 is 44.6. The number of alkyl halides is 3. The Morgan fingerprint density at radius 3 is 2.56 bits per heavy atom. The molecule has 0 aliphatic carbocycles. The summed E-state index contributed by atoms with van der Waals surface area (Å²) in [5.41, 5.74) is 0.307. The lowest BCUT2D eigenvalue weighted by molar-refractivity contribution is -0.137. The minimum Gasteiger partial charge on any atom is -0.453 e. The van der Waals surface area contributed by atoms with Crippen molar-refractivity contribution in [3.8, 4) is 0 Å². The van der Waals surface area contributed by atoms with Crippen molar-refractivity contribution in [2.75, 3.05) is 38.7 Å². The van der Waals surface area contributed by atoms with Crippen molar-refractivity contribution >= 4 is 24.0 Å². The Balaban J connectivity index is 1.62. The van der Waals surface area contributed by atoms with Crippen molar-refractivity contribution in [2.45, 2.75) is 31.6 Å². The molecule has 8 nitrogen and oxygen atoms in total. The van der Waals surface area contributed by atoms with Crippen molar-refractivity contribution in [3.05, 3.63) is 53.3 Å². The van der Waals surface area contributed by atoms with E-state index in [-0.39, 0.29) is 17.3 Å². The van der Waals surface area contributed by atoms with Gasteiger partial charge in [-0.2, -0.15) is 13.2 Å². The molecule has 0 spiro atoms. The Morgan fingerprint density at radius 1 is 1.24 bits per heavy atom. The summed E-state index contributed by atoms with van der Waals surface area (Å²) in [7, 11) is 3.04. The van der Waals surface area contributed by atoms with E-state index < -0.39 is 23.7 Å². The number of benzene rings is 1. The van der Waals surface area contributed by atoms with Gasteiger partial charge in [0.15, 0.2) is 6.29 Å². The molecular formula is C23H27F3N4O4. The number of aldehydes is 1. The molecule has 1 saturated heterocycles. The zero-order valence-electron chi connectivity index (χ0n) is 19.0. The number of rotatable bonds is 7. The number of carbonyl (C=O) groups is 3. The van der Waals surface area contributed by atoms with Gasteiger partial charge in [0.05, 0.1) is 23.9 Å². The van der Waals surface area contributed by atoms with E-state index in [4.69, 9.17) is 4.74 Å². The Kier molecular flexibility index (Phi) is 7.85. The van der Waals surface area contributed by atoms with Crippen molar-refractivity contribution < 1.29 is 32.3 Å². The molecule has 1 aromatic carbocycles. The number of piperidine rings is 1. The maximum Gasteiger partial charge on any atom is 0.416 e. The van der Waals surface area contributed by atoms with E-state index in [0.29, 0.717) is 44.6 Å². The van der Waals surface area contributed by atoms with Crippen molar-refractivity contribution in [1.29, 1.82) is 0 Å². The minimum atomic E-state index is -4.40. The summed E-state index contributed by atoms with van der Waals surface area (Å²) in [6.45, 7) is 1.63. The van der Waals surface area contributed by atoms with Crippen LogP contribution in [0.25, 0.3) is 0 Å². The van der Waals surface area contributed by atoms with Gasteiger partial charge in [0.25, 0.3) is 5.91 Å². The van der Waals surface area contributed by atoms with E-state index in [1.54, 1.807) is 28.8 Å². The summed E-state index contributed by atoms with van der Waals surface area (Å²) in [6, 6.07) is 6.12. The zero-order valence-corrected chi connectivity index (χ0v) is 19.0. The molecule has 2 amide bonds. The Labute approximate surface area is 195 Å². The average Bonchev–Trinajstić information content (AvgIpc) is 3.24. The Hall–Kier alpha value is -3.50. The van der Waals surface area contributed by atoms with Gasteiger partial charge >= 0.3 is 12.3 Å². The number of anilines is 1. The molecule has 184 valence electrons. The number of likely N-dealkylation sites (tertiary alicyclic amines) is 1. The summed E-state index contributed by atoms with van der Waals surface area (Å²) in [5.74, 6) is -0.409. The number of amides is 2. The highest BCUT2D eigenvalue weighted by Crippen LogP contribution is 2.30. The van der Waals surface area contributed by atoms with Crippen LogP contribution in [-0.4, -0.2) is 67.6 Å². The largest absolute Gasteiger partial charge is 0.453 e. The third-order valence-electron chi connectivity index (χ3n) is 5.86. The number of ether oxygens (including phenoxy) is 1. The second kappa shape index (κ2) is 10.6. The van der Waals surface area contributed by atoms with Crippen molar-refractivity contribution in [3.63, 3.8) is 0 Å². The second-order valence-corrected chi connectivity index (χ2v) is 8.12. The van der Waals surface area contributed by atoms with Crippen LogP contribution in [0.2, 0.25) is 0 Å². The first kappa shape index (κ1) is 25.1. The SMILES string of the molecule is COC(=O)N1CCCC(NC(=O)c2ccn(CCN(C)c3ccc(C(F)(F)F)cc3)c2C=O)C1. The molecule has 11 heteroatoms. The third kappa shape index (κ3) is 5.89. The van der Waals surface area contributed by atoms with E-state index in [1.165, 1.54) is 24.1 Å². The van der Waals surface area contributed by atoms with Gasteiger partial charge in [-0.15, -0.1) is 0 Å². The minimum absolute atomic E-state index is 0.207. The fourth-order valence-electron chi connectivity index (χ4n) is 3.95. The predicted octanol–water partition coefficient (Wildman–Crippen LogP) is 3.42. The normalized spacial score (nSPS) is 16.1. The van der Waals surface area contributed by atoms with E-state index in [9.17, 15) is 27.6 Å². The van der Waals surface area contributed by atoms with Crippen molar-refractivity contribution in [2.24, 2.45) is 0 Å². The highest BCUT2D eigenvalue weighted by Gasteiger charge is 2.30. The number of methoxy groups -OCH3 is 1. The van der Waals surface area contributed by atoms with Crippen LogP contribution in [0.15, 0.2) is 36.5 Å². The number of carbonyl (C=O) groups excluding carboxylic acids is 3. The van der Waals surface area contributed by atoms with E-state index in [2.05, 4.69) is 5.32 Å². The van der Waals surface area contributed by atoms with Gasteiger partial charge < -0.3 is 24.4 Å². The van der Waals surface area contributed by atoms with Gasteiger partial charge in [0.1, 0.15) is 0 Å². The number of nitrogens with one attached hydrogen (secondary N) is 1. The van der Waals surface area contributed by atoms with E-state index >= 15 is 0 Å². The van der Waals surface area contributed by atoms with Crippen LogP contribution in [-0.2, 0) is 17.5 Å². The highest BCUT2D eigenvalue weighted by atomic mass is 19.4. The zero-order chi connectivity index (χ0) is 24.9. The summed E-state index contributed by atoms with van der Waals surface area (Å²) in [5, 5.41) is 2.88. The molecule has 0 radical (unpaired) electrons. The van der Waals surface area contributed by atoms with Crippen LogP contribution in [0.1, 0.15) is 39.3 Å². The fraction of sp³-hybridized carbons (Fsp3) is 0.435. The molecule has 1 atom stereocenters. The molecule has 0 bridgehead atoms. The van der Waals surface area contributed by atoms with Crippen LogP contribution in [0.3, 0.4) is 0 Å². The first-order valence-corrected chi connectivity index (χ1v) is 10.8. The number of hydrogen-bond acceptors (Lipinski definition) is 5. The number of nitrogens with zero attached hydrogens (tertiary/aromatic N) is 3. The fourth-order valence-corrected chi connectivity index (χ4v) is 3.95. The van der Waals surface area contributed by atoms with Gasteiger partial charge in [-0.25, -0.2) is 4.79 Å². The van der Waals surface area contributed by atoms with Gasteiger partial charge in [-0.3, -0.25) is 9.59 Å². The first-order chi connectivity index (χ1) is 16.1. The predicted molar refractivity (Wildman–Crippen MR) is 119 cm³/mol. The molecule has 1 aliphatic heterocycles. The molecule has 1 unspecified atom stereocenters. The summed E-state index contributed by atoms with van der Waals surface area (Å²) >= 11 is 0. The molecule has 2 aromatic rings. The maximum absolute atomic E-state index is 12.8. The van der Waals surface area contributed by atoms with Crippen LogP contribution in [0.5, 0.6) is 0 Å². The number of aromatic nitrogens is 1. The lowest BCUT2D eigenvalue weighted by Crippen LogP contribution is -2.49. The molecule has 3 rings (SSSR count). The van der Waals surface area contributed by atoms with Gasteiger partial charge in [-0.05, 0) is 43.2 Å². The van der Waals surface area contributed by atoms with Crippen LogP contribution >= 0.6 is 0 Å². The first-order valence-electron chi connectivity index (χ1n) is 10.8. The van der Waals surface area contributed by atoms with E-state index in [0.717, 1.165) is 18.6 Å². The highest BCUT2D eigenvalue weighted by molar-refractivity contribution is 6.01. The van der Waals surface area contributed by atoms with Gasteiger partial charge in [-0.1, -0.05) is 0 Å². The van der Waals surface area contributed by atoms with Crippen LogP contribution in [0, 0.1) is 0 Å². The summed E-state index contributed by atoms with van der Waals surface area (Å²) in [6.07, 6.45) is -1.19. The molecule has 2 heterocycles. The van der Waals surface area contributed by atoms with Crippen LogP contribution < -0.4 is 10.2 Å². The van der Waals surface area contributed by atoms with Gasteiger partial charge in [0, 0.05) is 51.2 Å².